The van der Waals surface area contributed by atoms with Crippen molar-refractivity contribution in [3.63, 3.8) is 0 Å². The molecule has 2 aliphatic rings. The summed E-state index contributed by atoms with van der Waals surface area (Å²) in [7, 11) is 0. The van der Waals surface area contributed by atoms with E-state index in [0.717, 1.165) is 26.1 Å². The van der Waals surface area contributed by atoms with Gasteiger partial charge in [0.1, 0.15) is 0 Å². The molecule has 2 unspecified atom stereocenters. The van der Waals surface area contributed by atoms with Crippen molar-refractivity contribution >= 4 is 5.91 Å². The molecule has 0 radical (unpaired) electrons. The van der Waals surface area contributed by atoms with E-state index in [9.17, 15) is 4.79 Å². The highest BCUT2D eigenvalue weighted by atomic mass is 16.3. The number of hydrogen-bond donors (Lipinski definition) is 1. The van der Waals surface area contributed by atoms with E-state index in [1.807, 2.05) is 4.90 Å². The van der Waals surface area contributed by atoms with E-state index < -0.39 is 0 Å². The maximum Gasteiger partial charge on any atom is 0.223 e. The first-order valence-corrected chi connectivity index (χ1v) is 6.26. The fraction of sp³-hybridized carbons (Fsp3) is 0.917. The smallest absolute Gasteiger partial charge is 0.223 e. The summed E-state index contributed by atoms with van der Waals surface area (Å²) in [6.45, 7) is 7.39. The molecule has 0 aromatic heterocycles. The first-order valence-electron chi connectivity index (χ1n) is 6.26. The van der Waals surface area contributed by atoms with Gasteiger partial charge in [-0.2, -0.15) is 0 Å². The minimum atomic E-state index is 0.142. The van der Waals surface area contributed by atoms with E-state index in [1.54, 1.807) is 0 Å². The predicted octanol–water partition coefficient (Wildman–Crippen LogP) is 0.310. The van der Waals surface area contributed by atoms with Gasteiger partial charge in [0.15, 0.2) is 0 Å². The van der Waals surface area contributed by atoms with Crippen LogP contribution < -0.4 is 0 Å². The summed E-state index contributed by atoms with van der Waals surface area (Å²) in [4.78, 5) is 16.2. The van der Waals surface area contributed by atoms with Crippen LogP contribution in [0.5, 0.6) is 0 Å². The Hall–Kier alpha value is -0.610. The first kappa shape index (κ1) is 11.9. The van der Waals surface area contributed by atoms with E-state index in [-0.39, 0.29) is 18.4 Å². The Morgan fingerprint density at radius 1 is 1.44 bits per heavy atom. The SMILES string of the molecule is CC(C)N1CCC(N2CC(CO)CC2=O)C1. The van der Waals surface area contributed by atoms with Gasteiger partial charge in [0.05, 0.1) is 0 Å². The fourth-order valence-corrected chi connectivity index (χ4v) is 2.78. The predicted molar refractivity (Wildman–Crippen MR) is 62.0 cm³/mol. The Kier molecular flexibility index (Phi) is 3.50. The van der Waals surface area contributed by atoms with Gasteiger partial charge in [-0.15, -0.1) is 0 Å². The van der Waals surface area contributed by atoms with Crippen molar-refractivity contribution < 1.29 is 9.90 Å². The zero-order valence-electron chi connectivity index (χ0n) is 10.2. The Balaban J connectivity index is 1.92. The van der Waals surface area contributed by atoms with E-state index in [1.165, 1.54) is 0 Å². The average molecular weight is 226 g/mol. The molecule has 0 bridgehead atoms. The lowest BCUT2D eigenvalue weighted by Gasteiger charge is -2.26. The van der Waals surface area contributed by atoms with E-state index >= 15 is 0 Å². The van der Waals surface area contributed by atoms with E-state index in [2.05, 4.69) is 18.7 Å². The van der Waals surface area contributed by atoms with Crippen LogP contribution in [-0.4, -0.2) is 59.1 Å². The monoisotopic (exact) mass is 226 g/mol. The molecule has 92 valence electrons. The maximum atomic E-state index is 11.8. The van der Waals surface area contributed by atoms with Crippen molar-refractivity contribution in [1.29, 1.82) is 0 Å². The molecule has 2 heterocycles. The van der Waals surface area contributed by atoms with Gasteiger partial charge < -0.3 is 10.0 Å². The summed E-state index contributed by atoms with van der Waals surface area (Å²) in [6, 6.07) is 0.947. The summed E-state index contributed by atoms with van der Waals surface area (Å²) in [6.07, 6.45) is 1.62. The topological polar surface area (TPSA) is 43.8 Å². The Bertz CT molecular complexity index is 268. The third-order valence-electron chi connectivity index (χ3n) is 3.86. The van der Waals surface area contributed by atoms with Gasteiger partial charge in [-0.3, -0.25) is 9.69 Å². The molecule has 2 fully saturated rings. The number of nitrogens with zero attached hydrogens (tertiary/aromatic N) is 2. The second-order valence-electron chi connectivity index (χ2n) is 5.33. The van der Waals surface area contributed by atoms with Gasteiger partial charge in [0.2, 0.25) is 5.91 Å². The summed E-state index contributed by atoms with van der Waals surface area (Å²) in [5.74, 6) is 0.398. The lowest BCUT2D eigenvalue weighted by atomic mass is 10.1. The minimum Gasteiger partial charge on any atom is -0.396 e. The average Bonchev–Trinajstić information content (AvgIpc) is 2.83. The zero-order chi connectivity index (χ0) is 11.7. The number of likely N-dealkylation sites (tertiary alicyclic amines) is 2. The maximum absolute atomic E-state index is 11.8. The van der Waals surface area contributed by atoms with Crippen LogP contribution in [0.15, 0.2) is 0 Å². The number of amides is 1. The molecule has 0 aromatic rings. The van der Waals surface area contributed by atoms with Gasteiger partial charge >= 0.3 is 0 Å². The molecule has 0 aliphatic carbocycles. The summed E-state index contributed by atoms with van der Waals surface area (Å²) in [5, 5.41) is 9.10. The third kappa shape index (κ3) is 2.23. The van der Waals surface area contributed by atoms with Crippen molar-refractivity contribution in [3.8, 4) is 0 Å². The molecular formula is C12H22N2O2. The Morgan fingerprint density at radius 2 is 2.19 bits per heavy atom. The van der Waals surface area contributed by atoms with Gasteiger partial charge in [-0.1, -0.05) is 0 Å². The standard InChI is InChI=1S/C12H22N2O2/c1-9(2)13-4-3-11(7-13)14-6-10(8-15)5-12(14)16/h9-11,15H,3-8H2,1-2H3. The summed E-state index contributed by atoms with van der Waals surface area (Å²) >= 11 is 0. The number of aliphatic hydroxyl groups is 1. The second kappa shape index (κ2) is 4.72. The highest BCUT2D eigenvalue weighted by molar-refractivity contribution is 5.79. The lowest BCUT2D eigenvalue weighted by molar-refractivity contribution is -0.129. The van der Waals surface area contributed by atoms with E-state index in [4.69, 9.17) is 5.11 Å². The summed E-state index contributed by atoms with van der Waals surface area (Å²) < 4.78 is 0. The highest BCUT2D eigenvalue weighted by Crippen LogP contribution is 2.25. The molecule has 2 atom stereocenters. The van der Waals surface area contributed by atoms with Crippen LogP contribution in [0.1, 0.15) is 26.7 Å². The molecule has 1 amide bonds. The molecular weight excluding hydrogens is 204 g/mol. The molecule has 4 heteroatoms. The van der Waals surface area contributed by atoms with Crippen LogP contribution in [0.4, 0.5) is 0 Å². The molecule has 16 heavy (non-hydrogen) atoms. The molecule has 0 spiro atoms. The van der Waals surface area contributed by atoms with Crippen molar-refractivity contribution in [3.05, 3.63) is 0 Å². The van der Waals surface area contributed by atoms with Crippen LogP contribution in [0.25, 0.3) is 0 Å². The lowest BCUT2D eigenvalue weighted by Crippen LogP contribution is -2.40. The van der Waals surface area contributed by atoms with Crippen molar-refractivity contribution in [1.82, 2.24) is 9.80 Å². The Labute approximate surface area is 97.2 Å². The second-order valence-corrected chi connectivity index (χ2v) is 5.33. The first-order chi connectivity index (χ1) is 7.61. The third-order valence-corrected chi connectivity index (χ3v) is 3.86. The fourth-order valence-electron chi connectivity index (χ4n) is 2.78. The normalized spacial score (nSPS) is 32.0. The van der Waals surface area contributed by atoms with Gasteiger partial charge in [-0.05, 0) is 20.3 Å². The number of rotatable bonds is 3. The quantitative estimate of drug-likeness (QED) is 0.753. The number of carbonyl (C=O) groups excluding carboxylic acids is 1. The molecule has 2 rings (SSSR count). The molecule has 0 saturated carbocycles. The Morgan fingerprint density at radius 3 is 2.69 bits per heavy atom. The van der Waals surface area contributed by atoms with Crippen LogP contribution in [0, 0.1) is 5.92 Å². The van der Waals surface area contributed by atoms with Crippen LogP contribution in [0.3, 0.4) is 0 Å². The molecule has 2 saturated heterocycles. The highest BCUT2D eigenvalue weighted by Gasteiger charge is 2.37. The molecule has 2 aliphatic heterocycles. The van der Waals surface area contributed by atoms with Crippen LogP contribution in [0.2, 0.25) is 0 Å². The van der Waals surface area contributed by atoms with Crippen molar-refractivity contribution in [2.24, 2.45) is 5.92 Å². The van der Waals surface area contributed by atoms with Crippen LogP contribution >= 0.6 is 0 Å². The zero-order valence-corrected chi connectivity index (χ0v) is 10.2. The van der Waals surface area contributed by atoms with Gasteiger partial charge in [0.25, 0.3) is 0 Å². The van der Waals surface area contributed by atoms with E-state index in [0.29, 0.717) is 18.5 Å². The number of aliphatic hydroxyl groups excluding tert-OH is 1. The van der Waals surface area contributed by atoms with Crippen molar-refractivity contribution in [2.75, 3.05) is 26.2 Å². The van der Waals surface area contributed by atoms with Crippen LogP contribution in [-0.2, 0) is 4.79 Å². The van der Waals surface area contributed by atoms with Gasteiger partial charge in [0, 0.05) is 50.7 Å². The number of hydrogen-bond acceptors (Lipinski definition) is 3. The summed E-state index contributed by atoms with van der Waals surface area (Å²) in [5.41, 5.74) is 0. The molecule has 0 aromatic carbocycles. The largest absolute Gasteiger partial charge is 0.396 e. The molecule has 4 nitrogen and oxygen atoms in total. The molecule has 1 N–H and O–H groups in total. The van der Waals surface area contributed by atoms with Crippen molar-refractivity contribution in [2.45, 2.75) is 38.8 Å². The number of carbonyl (C=O) groups is 1. The van der Waals surface area contributed by atoms with Gasteiger partial charge in [-0.25, -0.2) is 0 Å². The minimum absolute atomic E-state index is 0.142.